The predicted molar refractivity (Wildman–Crippen MR) is 101 cm³/mol. The maximum absolute atomic E-state index is 12.6. The Balaban J connectivity index is 1.68. The molecule has 1 saturated carbocycles. The van der Waals surface area contributed by atoms with Gasteiger partial charge in [-0.15, -0.1) is 0 Å². The second kappa shape index (κ2) is 8.65. The first-order valence-corrected chi connectivity index (χ1v) is 9.25. The van der Waals surface area contributed by atoms with Crippen molar-refractivity contribution in [2.24, 2.45) is 11.8 Å². The van der Waals surface area contributed by atoms with E-state index in [1.807, 2.05) is 36.4 Å². The van der Waals surface area contributed by atoms with E-state index in [0.717, 1.165) is 24.0 Å². The molecule has 0 heterocycles. The van der Waals surface area contributed by atoms with Crippen molar-refractivity contribution in [2.45, 2.75) is 31.6 Å². The van der Waals surface area contributed by atoms with E-state index in [4.69, 9.17) is 0 Å². The minimum Gasteiger partial charge on any atom is -0.481 e. The first kappa shape index (κ1) is 18.2. The van der Waals surface area contributed by atoms with Crippen LogP contribution in [0.3, 0.4) is 0 Å². The van der Waals surface area contributed by atoms with E-state index in [1.165, 1.54) is 0 Å². The van der Waals surface area contributed by atoms with Crippen molar-refractivity contribution in [2.75, 3.05) is 6.54 Å². The summed E-state index contributed by atoms with van der Waals surface area (Å²) in [7, 11) is 0. The highest BCUT2D eigenvalue weighted by atomic mass is 16.4. The summed E-state index contributed by atoms with van der Waals surface area (Å²) in [6.45, 7) is 0.515. The fourth-order valence-electron chi connectivity index (χ4n) is 3.80. The van der Waals surface area contributed by atoms with Crippen molar-refractivity contribution in [3.63, 3.8) is 0 Å². The van der Waals surface area contributed by atoms with Crippen LogP contribution in [-0.2, 0) is 9.59 Å². The van der Waals surface area contributed by atoms with Crippen LogP contribution in [0.1, 0.15) is 42.7 Å². The molecule has 2 N–H and O–H groups in total. The number of rotatable bonds is 6. The number of amides is 1. The lowest BCUT2D eigenvalue weighted by Crippen LogP contribution is -2.37. The van der Waals surface area contributed by atoms with Gasteiger partial charge in [0.15, 0.2) is 0 Å². The van der Waals surface area contributed by atoms with Gasteiger partial charge in [-0.1, -0.05) is 67.1 Å². The van der Waals surface area contributed by atoms with Crippen LogP contribution in [0, 0.1) is 11.8 Å². The van der Waals surface area contributed by atoms with Crippen molar-refractivity contribution in [1.82, 2.24) is 5.32 Å². The largest absolute Gasteiger partial charge is 0.481 e. The molecule has 0 aliphatic heterocycles. The minimum atomic E-state index is -0.783. The number of carboxylic acids is 1. The molecule has 2 aromatic carbocycles. The zero-order valence-corrected chi connectivity index (χ0v) is 14.8. The molecule has 26 heavy (non-hydrogen) atoms. The van der Waals surface area contributed by atoms with Crippen molar-refractivity contribution in [1.29, 1.82) is 0 Å². The number of carbonyl (C=O) groups excluding carboxylic acids is 1. The smallest absolute Gasteiger partial charge is 0.306 e. The lowest BCUT2D eigenvalue weighted by Gasteiger charge is -2.27. The standard InChI is InChI=1S/C22H25NO3/c24-21(18-12-7-13-19(14-18)22(25)26)23-15-20(16-8-3-1-4-9-16)17-10-5-2-6-11-17/h1-6,8-11,18-20H,7,12-15H2,(H,23,24)(H,25,26). The minimum absolute atomic E-state index is 0.0205. The van der Waals surface area contributed by atoms with E-state index in [0.29, 0.717) is 19.4 Å². The second-order valence-corrected chi connectivity index (χ2v) is 7.02. The van der Waals surface area contributed by atoms with Gasteiger partial charge in [0, 0.05) is 18.4 Å². The Morgan fingerprint density at radius 3 is 2.00 bits per heavy atom. The first-order valence-electron chi connectivity index (χ1n) is 9.25. The lowest BCUT2D eigenvalue weighted by molar-refractivity contribution is -0.144. The molecule has 3 rings (SSSR count). The van der Waals surface area contributed by atoms with E-state index in [-0.39, 0.29) is 17.7 Å². The summed E-state index contributed by atoms with van der Waals surface area (Å²) in [6, 6.07) is 20.3. The summed E-state index contributed by atoms with van der Waals surface area (Å²) >= 11 is 0. The summed E-state index contributed by atoms with van der Waals surface area (Å²) in [5.74, 6) is -1.31. The van der Waals surface area contributed by atoms with Crippen LogP contribution >= 0.6 is 0 Å². The van der Waals surface area contributed by atoms with E-state index in [1.54, 1.807) is 0 Å². The lowest BCUT2D eigenvalue weighted by atomic mass is 9.81. The monoisotopic (exact) mass is 351 g/mol. The third-order valence-corrected chi connectivity index (χ3v) is 5.28. The molecule has 136 valence electrons. The molecule has 2 aromatic rings. The number of carboxylic acid groups (broad SMARTS) is 1. The fourth-order valence-corrected chi connectivity index (χ4v) is 3.80. The van der Waals surface area contributed by atoms with Crippen LogP contribution < -0.4 is 5.32 Å². The maximum atomic E-state index is 12.6. The summed E-state index contributed by atoms with van der Waals surface area (Å²) < 4.78 is 0. The van der Waals surface area contributed by atoms with Crippen LogP contribution in [0.15, 0.2) is 60.7 Å². The third-order valence-electron chi connectivity index (χ3n) is 5.28. The van der Waals surface area contributed by atoms with E-state index in [2.05, 4.69) is 29.6 Å². The molecule has 0 spiro atoms. The molecule has 1 fully saturated rings. The maximum Gasteiger partial charge on any atom is 0.306 e. The Morgan fingerprint density at radius 1 is 0.923 bits per heavy atom. The number of carbonyl (C=O) groups is 2. The average molecular weight is 351 g/mol. The van der Waals surface area contributed by atoms with Gasteiger partial charge >= 0.3 is 5.97 Å². The van der Waals surface area contributed by atoms with Crippen LogP contribution in [0.5, 0.6) is 0 Å². The summed E-state index contributed by atoms with van der Waals surface area (Å²) in [4.78, 5) is 23.9. The molecule has 0 radical (unpaired) electrons. The number of benzene rings is 2. The second-order valence-electron chi connectivity index (χ2n) is 7.02. The highest BCUT2D eigenvalue weighted by Gasteiger charge is 2.31. The first-order chi connectivity index (χ1) is 12.6. The Labute approximate surface area is 154 Å². The molecule has 0 aromatic heterocycles. The normalized spacial score (nSPS) is 19.9. The Morgan fingerprint density at radius 2 is 1.46 bits per heavy atom. The Hall–Kier alpha value is -2.62. The fraction of sp³-hybridized carbons (Fsp3) is 0.364. The quantitative estimate of drug-likeness (QED) is 0.831. The van der Waals surface area contributed by atoms with Gasteiger partial charge in [0.25, 0.3) is 0 Å². The van der Waals surface area contributed by atoms with Crippen LogP contribution in [0.25, 0.3) is 0 Å². The van der Waals surface area contributed by atoms with Crippen molar-refractivity contribution in [3.8, 4) is 0 Å². The zero-order valence-electron chi connectivity index (χ0n) is 14.8. The molecule has 2 atom stereocenters. The Bertz CT molecular complexity index is 690. The molecule has 0 saturated heterocycles. The van der Waals surface area contributed by atoms with Gasteiger partial charge < -0.3 is 10.4 Å². The zero-order chi connectivity index (χ0) is 18.4. The van der Waals surface area contributed by atoms with Crippen LogP contribution in [0.4, 0.5) is 0 Å². The number of nitrogens with one attached hydrogen (secondary N) is 1. The van der Waals surface area contributed by atoms with E-state index >= 15 is 0 Å². The number of hydrogen-bond acceptors (Lipinski definition) is 2. The van der Waals surface area contributed by atoms with Gasteiger partial charge in [0.2, 0.25) is 5.91 Å². The molecule has 4 nitrogen and oxygen atoms in total. The molecule has 4 heteroatoms. The Kier molecular flexibility index (Phi) is 6.05. The molecular formula is C22H25NO3. The highest BCUT2D eigenvalue weighted by Crippen LogP contribution is 2.30. The molecular weight excluding hydrogens is 326 g/mol. The van der Waals surface area contributed by atoms with Gasteiger partial charge in [-0.2, -0.15) is 0 Å². The van der Waals surface area contributed by atoms with Gasteiger partial charge in [-0.25, -0.2) is 0 Å². The van der Waals surface area contributed by atoms with Crippen LogP contribution in [0.2, 0.25) is 0 Å². The highest BCUT2D eigenvalue weighted by molar-refractivity contribution is 5.80. The molecule has 2 unspecified atom stereocenters. The molecule has 1 aliphatic carbocycles. The van der Waals surface area contributed by atoms with Gasteiger partial charge in [0.05, 0.1) is 5.92 Å². The van der Waals surface area contributed by atoms with Crippen molar-refractivity contribution in [3.05, 3.63) is 71.8 Å². The van der Waals surface area contributed by atoms with Crippen LogP contribution in [-0.4, -0.2) is 23.5 Å². The number of hydrogen-bond donors (Lipinski definition) is 2. The SMILES string of the molecule is O=C(O)C1CCCC(C(=O)NCC(c2ccccc2)c2ccccc2)C1. The summed E-state index contributed by atoms with van der Waals surface area (Å²) in [5, 5.41) is 12.3. The van der Waals surface area contributed by atoms with E-state index < -0.39 is 11.9 Å². The van der Waals surface area contributed by atoms with Crippen molar-refractivity contribution >= 4 is 11.9 Å². The van der Waals surface area contributed by atoms with E-state index in [9.17, 15) is 14.7 Å². The predicted octanol–water partition coefficient (Wildman–Crippen LogP) is 3.83. The summed E-state index contributed by atoms with van der Waals surface area (Å²) in [5.41, 5.74) is 2.32. The van der Waals surface area contributed by atoms with Gasteiger partial charge in [-0.3, -0.25) is 9.59 Å². The summed E-state index contributed by atoms with van der Waals surface area (Å²) in [6.07, 6.45) is 2.70. The van der Waals surface area contributed by atoms with Gasteiger partial charge in [0.1, 0.15) is 0 Å². The topological polar surface area (TPSA) is 66.4 Å². The molecule has 1 amide bonds. The third kappa shape index (κ3) is 4.51. The molecule has 0 bridgehead atoms. The van der Waals surface area contributed by atoms with Gasteiger partial charge in [-0.05, 0) is 30.4 Å². The van der Waals surface area contributed by atoms with Crippen molar-refractivity contribution < 1.29 is 14.7 Å². The number of aliphatic carboxylic acids is 1. The molecule has 1 aliphatic rings. The average Bonchev–Trinajstić information content (AvgIpc) is 2.69.